The van der Waals surface area contributed by atoms with E-state index in [-0.39, 0.29) is 11.3 Å². The molecule has 0 heterocycles. The first-order valence-corrected chi connectivity index (χ1v) is 9.40. The number of hydrogen-bond donors (Lipinski definition) is 0. The van der Waals surface area contributed by atoms with Crippen LogP contribution in [0.1, 0.15) is 26.2 Å². The summed E-state index contributed by atoms with van der Waals surface area (Å²) >= 11 is 0. The quantitative estimate of drug-likeness (QED) is 0.784. The Hall–Kier alpha value is -1.95. The molecule has 5 nitrogen and oxygen atoms in total. The van der Waals surface area contributed by atoms with E-state index in [4.69, 9.17) is 4.74 Å². The molecule has 24 heavy (non-hydrogen) atoms. The molecule has 0 N–H and O–H groups in total. The van der Waals surface area contributed by atoms with Crippen molar-refractivity contribution in [1.82, 2.24) is 0 Å². The van der Waals surface area contributed by atoms with Crippen molar-refractivity contribution in [3.05, 3.63) is 42.0 Å². The van der Waals surface area contributed by atoms with E-state index in [0.29, 0.717) is 12.8 Å². The minimum atomic E-state index is -3.91. The molecule has 1 fully saturated rings. The average Bonchev–Trinajstić information content (AvgIpc) is 2.96. The van der Waals surface area contributed by atoms with Crippen LogP contribution < -0.4 is 0 Å². The summed E-state index contributed by atoms with van der Waals surface area (Å²) in [6, 6.07) is 8.02. The number of esters is 1. The Morgan fingerprint density at radius 2 is 1.92 bits per heavy atom. The third kappa shape index (κ3) is 2.32. The summed E-state index contributed by atoms with van der Waals surface area (Å²) in [4.78, 5) is 25.0. The normalized spacial score (nSPS) is 29.8. The zero-order chi connectivity index (χ0) is 17.5. The van der Waals surface area contributed by atoms with Gasteiger partial charge < -0.3 is 4.74 Å². The number of hydrogen-bond acceptors (Lipinski definition) is 5. The van der Waals surface area contributed by atoms with Gasteiger partial charge in [-0.25, -0.2) is 8.42 Å². The first-order valence-electron chi connectivity index (χ1n) is 7.92. The van der Waals surface area contributed by atoms with Gasteiger partial charge in [-0.2, -0.15) is 0 Å². The average molecular weight is 348 g/mol. The Morgan fingerprint density at radius 3 is 2.54 bits per heavy atom. The zero-order valence-corrected chi connectivity index (χ0v) is 14.5. The van der Waals surface area contributed by atoms with Crippen LogP contribution in [0, 0.1) is 11.8 Å². The van der Waals surface area contributed by atoms with Crippen LogP contribution in [0.2, 0.25) is 0 Å². The fraction of sp³-hybridized carbons (Fsp3) is 0.444. The number of ether oxygens (including phenoxy) is 1. The number of fused-ring (bicyclic) bond motifs is 1. The lowest BCUT2D eigenvalue weighted by Crippen LogP contribution is -2.51. The van der Waals surface area contributed by atoms with Gasteiger partial charge >= 0.3 is 5.97 Å². The number of carbonyl (C=O) groups is 2. The molecule has 0 aliphatic heterocycles. The van der Waals surface area contributed by atoms with E-state index < -0.39 is 38.2 Å². The van der Waals surface area contributed by atoms with Gasteiger partial charge in [0.05, 0.1) is 17.9 Å². The van der Waals surface area contributed by atoms with E-state index in [0.717, 1.165) is 5.57 Å². The van der Waals surface area contributed by atoms with E-state index in [9.17, 15) is 18.0 Å². The van der Waals surface area contributed by atoms with Crippen molar-refractivity contribution in [2.24, 2.45) is 11.8 Å². The van der Waals surface area contributed by atoms with Gasteiger partial charge in [0.2, 0.25) is 0 Å². The second-order valence-corrected chi connectivity index (χ2v) is 8.83. The van der Waals surface area contributed by atoms with Crippen molar-refractivity contribution in [2.75, 3.05) is 7.11 Å². The van der Waals surface area contributed by atoms with Crippen LogP contribution >= 0.6 is 0 Å². The predicted octanol–water partition coefficient (Wildman–Crippen LogP) is 2.32. The van der Waals surface area contributed by atoms with E-state index in [1.54, 1.807) is 18.2 Å². The molecule has 0 unspecified atom stereocenters. The number of sulfone groups is 1. The number of allylic oxidation sites excluding steroid dienone is 2. The monoisotopic (exact) mass is 348 g/mol. The highest BCUT2D eigenvalue weighted by Gasteiger charge is 2.62. The van der Waals surface area contributed by atoms with Crippen LogP contribution in [0.5, 0.6) is 0 Å². The Labute approximate surface area is 141 Å². The summed E-state index contributed by atoms with van der Waals surface area (Å²) < 4.78 is 30.0. The van der Waals surface area contributed by atoms with Gasteiger partial charge in [0.1, 0.15) is 4.75 Å². The fourth-order valence-electron chi connectivity index (χ4n) is 4.11. The summed E-state index contributed by atoms with van der Waals surface area (Å²) in [6.45, 7) is 1.82. The largest absolute Gasteiger partial charge is 0.469 e. The maximum absolute atomic E-state index is 13.4. The Kier molecular flexibility index (Phi) is 4.11. The molecule has 3 rings (SSSR count). The molecule has 0 spiro atoms. The van der Waals surface area contributed by atoms with Gasteiger partial charge in [0.15, 0.2) is 15.6 Å². The van der Waals surface area contributed by atoms with Crippen molar-refractivity contribution >= 4 is 21.6 Å². The molecule has 128 valence electrons. The Morgan fingerprint density at radius 1 is 1.25 bits per heavy atom. The van der Waals surface area contributed by atoms with E-state index >= 15 is 0 Å². The molecule has 1 saturated carbocycles. The SMILES string of the molecule is COC(=O)[C@@H]1C[C@H]2CC(C)=CC(=O)[C@@]2(S(=O)(=O)c2ccccc2)C1. The molecule has 3 atom stereocenters. The lowest BCUT2D eigenvalue weighted by molar-refractivity contribution is -0.145. The lowest BCUT2D eigenvalue weighted by atomic mass is 9.81. The van der Waals surface area contributed by atoms with E-state index in [2.05, 4.69) is 0 Å². The van der Waals surface area contributed by atoms with Crippen molar-refractivity contribution in [2.45, 2.75) is 35.8 Å². The summed E-state index contributed by atoms with van der Waals surface area (Å²) in [5.74, 6) is -1.82. The van der Waals surface area contributed by atoms with Crippen LogP contribution in [0.25, 0.3) is 0 Å². The molecule has 0 amide bonds. The number of carbonyl (C=O) groups excluding carboxylic acids is 2. The summed E-state index contributed by atoms with van der Waals surface area (Å²) in [7, 11) is -2.62. The Bertz CT molecular complexity index is 809. The lowest BCUT2D eigenvalue weighted by Gasteiger charge is -2.36. The van der Waals surface area contributed by atoms with Crippen LogP contribution in [-0.4, -0.2) is 32.0 Å². The van der Waals surface area contributed by atoms with Crippen molar-refractivity contribution in [3.8, 4) is 0 Å². The molecule has 2 aliphatic carbocycles. The van der Waals surface area contributed by atoms with Gasteiger partial charge in [0, 0.05) is 0 Å². The van der Waals surface area contributed by atoms with Crippen LogP contribution in [0.4, 0.5) is 0 Å². The third-order valence-corrected chi connectivity index (χ3v) is 7.76. The Balaban J connectivity index is 2.16. The molecular weight excluding hydrogens is 328 g/mol. The molecule has 6 heteroatoms. The second-order valence-electron chi connectivity index (χ2n) is 6.62. The third-order valence-electron chi connectivity index (χ3n) is 5.21. The molecule has 1 aromatic carbocycles. The predicted molar refractivity (Wildman–Crippen MR) is 88.0 cm³/mol. The molecule has 0 aromatic heterocycles. The fourth-order valence-corrected chi connectivity index (χ4v) is 6.41. The van der Waals surface area contributed by atoms with Gasteiger partial charge in [-0.15, -0.1) is 0 Å². The zero-order valence-electron chi connectivity index (χ0n) is 13.7. The first-order chi connectivity index (χ1) is 11.3. The number of benzene rings is 1. The smallest absolute Gasteiger partial charge is 0.308 e. The van der Waals surface area contributed by atoms with Crippen molar-refractivity contribution in [3.63, 3.8) is 0 Å². The molecule has 1 aromatic rings. The highest BCUT2D eigenvalue weighted by atomic mass is 32.2. The summed E-state index contributed by atoms with van der Waals surface area (Å²) in [6.07, 6.45) is 2.28. The van der Waals surface area contributed by atoms with Crippen LogP contribution in [0.3, 0.4) is 0 Å². The van der Waals surface area contributed by atoms with Crippen molar-refractivity contribution in [1.29, 1.82) is 0 Å². The van der Waals surface area contributed by atoms with E-state index in [1.807, 2.05) is 6.92 Å². The summed E-state index contributed by atoms with van der Waals surface area (Å²) in [5.41, 5.74) is 0.856. The van der Waals surface area contributed by atoms with Gasteiger partial charge in [0.25, 0.3) is 0 Å². The number of ketones is 1. The molecule has 0 radical (unpaired) electrons. The minimum absolute atomic E-state index is 0.00974. The highest BCUT2D eigenvalue weighted by Crippen LogP contribution is 2.52. The minimum Gasteiger partial charge on any atom is -0.469 e. The topological polar surface area (TPSA) is 77.5 Å². The second kappa shape index (κ2) is 5.84. The highest BCUT2D eigenvalue weighted by molar-refractivity contribution is 7.93. The molecule has 2 aliphatic rings. The van der Waals surface area contributed by atoms with E-state index in [1.165, 1.54) is 25.3 Å². The van der Waals surface area contributed by atoms with Gasteiger partial charge in [-0.1, -0.05) is 23.8 Å². The van der Waals surface area contributed by atoms with Crippen LogP contribution in [0.15, 0.2) is 46.9 Å². The van der Waals surface area contributed by atoms with Gasteiger partial charge in [-0.3, -0.25) is 9.59 Å². The summed E-state index contributed by atoms with van der Waals surface area (Å²) in [5, 5.41) is 0. The first kappa shape index (κ1) is 16.9. The maximum atomic E-state index is 13.4. The number of rotatable bonds is 3. The molecule has 0 saturated heterocycles. The number of methoxy groups -OCH3 is 1. The van der Waals surface area contributed by atoms with Crippen LogP contribution in [-0.2, 0) is 24.2 Å². The molecular formula is C18H20O5S. The van der Waals surface area contributed by atoms with Gasteiger partial charge in [-0.05, 0) is 50.3 Å². The van der Waals surface area contributed by atoms with Crippen molar-refractivity contribution < 1.29 is 22.7 Å². The maximum Gasteiger partial charge on any atom is 0.308 e. The molecule has 0 bridgehead atoms. The standard InChI is InChI=1S/C18H20O5S/c1-12-8-14-10-13(17(20)23-2)11-18(14,16(19)9-12)24(21,22)15-6-4-3-5-7-15/h3-7,9,13-14H,8,10-11H2,1-2H3/t13-,14-,18-/m1/s1.